The van der Waals surface area contributed by atoms with E-state index in [1.54, 1.807) is 25.6 Å². The van der Waals surface area contributed by atoms with E-state index in [2.05, 4.69) is 24.3 Å². The summed E-state index contributed by atoms with van der Waals surface area (Å²) in [4.78, 5) is 1.10. The highest BCUT2D eigenvalue weighted by Crippen LogP contribution is 2.46. The third kappa shape index (κ3) is 3.11. The van der Waals surface area contributed by atoms with Gasteiger partial charge in [-0.05, 0) is 66.2 Å². The Morgan fingerprint density at radius 3 is 1.88 bits per heavy atom. The van der Waals surface area contributed by atoms with Crippen LogP contribution in [0, 0.1) is 0 Å². The molecule has 0 fully saturated rings. The Morgan fingerprint density at radius 2 is 1.23 bits per heavy atom. The van der Waals surface area contributed by atoms with E-state index < -0.39 is 0 Å². The largest absolute Gasteiger partial charge is 0.497 e. The van der Waals surface area contributed by atoms with Gasteiger partial charge in [0.2, 0.25) is 0 Å². The molecule has 0 saturated carbocycles. The molecule has 0 N–H and O–H groups in total. The Morgan fingerprint density at radius 1 is 0.654 bits per heavy atom. The molecule has 1 heterocycles. The van der Waals surface area contributed by atoms with Gasteiger partial charge in [0.05, 0.1) is 19.1 Å². The summed E-state index contributed by atoms with van der Waals surface area (Å²) >= 11 is 1.73. The van der Waals surface area contributed by atoms with Crippen LogP contribution in [0.1, 0.15) is 0 Å². The molecule has 0 saturated heterocycles. The molecule has 0 aliphatic carbocycles. The van der Waals surface area contributed by atoms with Gasteiger partial charge in [0.25, 0.3) is 0 Å². The van der Waals surface area contributed by atoms with Crippen LogP contribution in [-0.2, 0) is 0 Å². The molecule has 4 rings (SSSR count). The van der Waals surface area contributed by atoms with Crippen molar-refractivity contribution in [2.24, 2.45) is 0 Å². The van der Waals surface area contributed by atoms with Crippen LogP contribution in [-0.4, -0.2) is 14.2 Å². The molecule has 0 bridgehead atoms. The predicted molar refractivity (Wildman–Crippen MR) is 107 cm³/mol. The number of hydrogen-bond donors (Lipinski definition) is 0. The minimum atomic E-state index is 0.782. The van der Waals surface area contributed by atoms with Crippen molar-refractivity contribution in [1.29, 1.82) is 0 Å². The van der Waals surface area contributed by atoms with E-state index in [-0.39, 0.29) is 0 Å². The maximum atomic E-state index is 6.30. The smallest absolute Gasteiger partial charge is 0.153 e. The van der Waals surface area contributed by atoms with Crippen molar-refractivity contribution >= 4 is 21.4 Å². The average molecular weight is 362 g/mol. The van der Waals surface area contributed by atoms with Gasteiger partial charge in [-0.1, -0.05) is 12.1 Å². The Kier molecular flexibility index (Phi) is 4.50. The maximum Gasteiger partial charge on any atom is 0.153 e. The second kappa shape index (κ2) is 7.10. The van der Waals surface area contributed by atoms with E-state index in [1.165, 1.54) is 4.70 Å². The van der Waals surface area contributed by atoms with Crippen LogP contribution >= 0.6 is 11.3 Å². The summed E-state index contributed by atoms with van der Waals surface area (Å²) in [7, 11) is 3.33. The number of rotatable bonds is 5. The van der Waals surface area contributed by atoms with Crippen molar-refractivity contribution in [1.82, 2.24) is 0 Å². The van der Waals surface area contributed by atoms with E-state index in [1.807, 2.05) is 48.5 Å². The normalized spacial score (nSPS) is 10.7. The topological polar surface area (TPSA) is 27.7 Å². The van der Waals surface area contributed by atoms with Crippen LogP contribution in [0.2, 0.25) is 0 Å². The first-order valence-electron chi connectivity index (χ1n) is 8.26. The Hall–Kier alpha value is -2.98. The monoisotopic (exact) mass is 362 g/mol. The van der Waals surface area contributed by atoms with Crippen molar-refractivity contribution in [2.75, 3.05) is 14.2 Å². The fraction of sp³-hybridized carbons (Fsp3) is 0.0909. The van der Waals surface area contributed by atoms with Gasteiger partial charge in [-0.2, -0.15) is 0 Å². The van der Waals surface area contributed by atoms with Crippen LogP contribution in [0.5, 0.6) is 23.0 Å². The average Bonchev–Trinajstić information content (AvgIpc) is 3.07. The molecule has 0 atom stereocenters. The summed E-state index contributed by atoms with van der Waals surface area (Å²) < 4.78 is 18.0. The second-order valence-corrected chi connectivity index (χ2v) is 6.81. The zero-order chi connectivity index (χ0) is 17.9. The van der Waals surface area contributed by atoms with Gasteiger partial charge in [0, 0.05) is 10.1 Å². The first-order valence-corrected chi connectivity index (χ1v) is 9.08. The molecule has 0 amide bonds. The van der Waals surface area contributed by atoms with Gasteiger partial charge in [-0.25, -0.2) is 0 Å². The minimum Gasteiger partial charge on any atom is -0.497 e. The number of methoxy groups -OCH3 is 2. The zero-order valence-corrected chi connectivity index (χ0v) is 15.4. The highest BCUT2D eigenvalue weighted by molar-refractivity contribution is 7.22. The molecular formula is C22H18O3S. The zero-order valence-electron chi connectivity index (χ0n) is 14.6. The van der Waals surface area contributed by atoms with Crippen molar-refractivity contribution < 1.29 is 14.2 Å². The van der Waals surface area contributed by atoms with E-state index in [4.69, 9.17) is 14.2 Å². The lowest BCUT2D eigenvalue weighted by atomic mass is 10.1. The van der Waals surface area contributed by atoms with Crippen LogP contribution in [0.3, 0.4) is 0 Å². The molecule has 0 radical (unpaired) electrons. The maximum absolute atomic E-state index is 6.30. The van der Waals surface area contributed by atoms with E-state index in [0.717, 1.165) is 38.8 Å². The molecule has 0 unspecified atom stereocenters. The predicted octanol–water partition coefficient (Wildman–Crippen LogP) is 6.38. The lowest BCUT2D eigenvalue weighted by Gasteiger charge is -2.09. The summed E-state index contributed by atoms with van der Waals surface area (Å²) in [5, 5.41) is 1.11. The molecule has 4 heteroatoms. The standard InChI is InChI=1S/C22H18O3S/c1-23-16-9-7-15(8-10-16)22-21(19-5-3-4-6-20(19)26-22)25-18-13-11-17(24-2)12-14-18/h3-14H,1-2H3. The van der Waals surface area contributed by atoms with E-state index in [0.29, 0.717) is 0 Å². The molecule has 0 aliphatic rings. The number of ether oxygens (including phenoxy) is 3. The van der Waals surface area contributed by atoms with Crippen molar-refractivity contribution in [3.8, 4) is 33.4 Å². The fourth-order valence-corrected chi connectivity index (χ4v) is 3.95. The van der Waals surface area contributed by atoms with E-state index >= 15 is 0 Å². The molecule has 0 spiro atoms. The van der Waals surface area contributed by atoms with Gasteiger partial charge in [0.15, 0.2) is 5.75 Å². The lowest BCUT2D eigenvalue weighted by Crippen LogP contribution is -1.87. The van der Waals surface area contributed by atoms with Crippen molar-refractivity contribution in [3.63, 3.8) is 0 Å². The molecule has 130 valence electrons. The van der Waals surface area contributed by atoms with Crippen LogP contribution < -0.4 is 14.2 Å². The molecular weight excluding hydrogens is 344 g/mol. The first-order chi connectivity index (χ1) is 12.8. The van der Waals surface area contributed by atoms with Gasteiger partial charge < -0.3 is 14.2 Å². The third-order valence-corrected chi connectivity index (χ3v) is 5.38. The quantitative estimate of drug-likeness (QED) is 0.412. The van der Waals surface area contributed by atoms with Gasteiger partial charge >= 0.3 is 0 Å². The molecule has 3 aromatic carbocycles. The Balaban J connectivity index is 1.80. The summed E-state index contributed by atoms with van der Waals surface area (Å²) in [5.41, 5.74) is 1.11. The van der Waals surface area contributed by atoms with Gasteiger partial charge in [0.1, 0.15) is 17.2 Å². The number of benzene rings is 3. The van der Waals surface area contributed by atoms with E-state index in [9.17, 15) is 0 Å². The highest BCUT2D eigenvalue weighted by Gasteiger charge is 2.16. The van der Waals surface area contributed by atoms with Crippen LogP contribution in [0.25, 0.3) is 20.5 Å². The summed E-state index contributed by atoms with van der Waals surface area (Å²) in [6, 6.07) is 24.0. The molecule has 26 heavy (non-hydrogen) atoms. The summed E-state index contributed by atoms with van der Waals surface area (Å²) in [6.07, 6.45) is 0. The number of hydrogen-bond acceptors (Lipinski definition) is 4. The molecule has 3 nitrogen and oxygen atoms in total. The third-order valence-electron chi connectivity index (χ3n) is 4.18. The first kappa shape index (κ1) is 16.5. The molecule has 1 aromatic heterocycles. The number of thiophene rings is 1. The highest BCUT2D eigenvalue weighted by atomic mass is 32.1. The number of fused-ring (bicyclic) bond motifs is 1. The SMILES string of the molecule is COc1ccc(Oc2c(-c3ccc(OC)cc3)sc3ccccc23)cc1. The summed E-state index contributed by atoms with van der Waals surface area (Å²) in [6.45, 7) is 0. The summed E-state index contributed by atoms with van der Waals surface area (Å²) in [5.74, 6) is 3.31. The van der Waals surface area contributed by atoms with Crippen molar-refractivity contribution in [3.05, 3.63) is 72.8 Å². The molecule has 4 aromatic rings. The van der Waals surface area contributed by atoms with Gasteiger partial charge in [-0.15, -0.1) is 11.3 Å². The Bertz CT molecular complexity index is 1020. The Labute approximate surface area is 156 Å². The van der Waals surface area contributed by atoms with Crippen molar-refractivity contribution in [2.45, 2.75) is 0 Å². The van der Waals surface area contributed by atoms with Crippen LogP contribution in [0.15, 0.2) is 72.8 Å². The second-order valence-electron chi connectivity index (χ2n) is 5.76. The lowest BCUT2D eigenvalue weighted by molar-refractivity contribution is 0.413. The van der Waals surface area contributed by atoms with Crippen LogP contribution in [0.4, 0.5) is 0 Å². The minimum absolute atomic E-state index is 0.782. The molecule has 0 aliphatic heterocycles. The van der Waals surface area contributed by atoms with Gasteiger partial charge in [-0.3, -0.25) is 0 Å². The fourth-order valence-electron chi connectivity index (χ4n) is 2.82.